The highest BCUT2D eigenvalue weighted by molar-refractivity contribution is 5.36. The van der Waals surface area contributed by atoms with Crippen molar-refractivity contribution in [1.29, 1.82) is 0 Å². The molecule has 0 aliphatic heterocycles. The molecule has 1 aromatic carbocycles. The molecule has 1 aliphatic rings. The van der Waals surface area contributed by atoms with Gasteiger partial charge in [-0.25, -0.2) is 0 Å². The highest BCUT2D eigenvalue weighted by Crippen LogP contribution is 2.25. The van der Waals surface area contributed by atoms with Crippen LogP contribution in [0.4, 0.5) is 0 Å². The monoisotopic (exact) mass is 267 g/mol. The summed E-state index contributed by atoms with van der Waals surface area (Å²) in [7, 11) is 0. The van der Waals surface area contributed by atoms with Gasteiger partial charge in [-0.2, -0.15) is 0 Å². The second kappa shape index (κ2) is 5.73. The Balaban J connectivity index is 1.81. The molecule has 3 heteroatoms. The second-order valence-corrected chi connectivity index (χ2v) is 5.64. The summed E-state index contributed by atoms with van der Waals surface area (Å²) in [5, 5.41) is 0. The number of rotatable bonds is 4. The Kier molecular flexibility index (Phi) is 3.81. The van der Waals surface area contributed by atoms with Crippen molar-refractivity contribution in [2.45, 2.75) is 38.6 Å². The first-order valence-electron chi connectivity index (χ1n) is 7.25. The molecular weight excluding hydrogens is 246 g/mol. The first-order valence-corrected chi connectivity index (χ1v) is 7.25. The maximum atomic E-state index is 5.73. The lowest BCUT2D eigenvalue weighted by Crippen LogP contribution is -2.30. The number of aromatic nitrogens is 1. The summed E-state index contributed by atoms with van der Waals surface area (Å²) in [6, 6.07) is 11.0. The molecule has 1 heterocycles. The molecule has 0 amide bonds. The van der Waals surface area contributed by atoms with Gasteiger partial charge in [0.2, 0.25) is 0 Å². The molecule has 104 valence electrons. The highest BCUT2D eigenvalue weighted by atomic mass is 15.2. The van der Waals surface area contributed by atoms with Crippen LogP contribution in [-0.2, 0) is 19.3 Å². The van der Waals surface area contributed by atoms with Gasteiger partial charge in [0.25, 0.3) is 0 Å². The first kappa shape index (κ1) is 13.3. The van der Waals surface area contributed by atoms with Crippen LogP contribution in [0.1, 0.15) is 40.4 Å². The summed E-state index contributed by atoms with van der Waals surface area (Å²) in [5.74, 6) is 5.73. The number of hydrogen-bond donors (Lipinski definition) is 2. The second-order valence-electron chi connectivity index (χ2n) is 5.64. The predicted octanol–water partition coefficient (Wildman–Crippen LogP) is 2.63. The zero-order chi connectivity index (χ0) is 13.9. The minimum atomic E-state index is 0.0642. The molecule has 0 fully saturated rings. The zero-order valence-electron chi connectivity index (χ0n) is 11.9. The average molecular weight is 267 g/mol. The van der Waals surface area contributed by atoms with Crippen molar-refractivity contribution in [3.05, 3.63) is 64.5 Å². The lowest BCUT2D eigenvalue weighted by atomic mass is 9.99. The van der Waals surface area contributed by atoms with Crippen LogP contribution in [0, 0.1) is 6.92 Å². The number of nitrogens with zero attached hydrogens (tertiary/aromatic N) is 1. The number of fused-ring (bicyclic) bond motifs is 1. The van der Waals surface area contributed by atoms with Gasteiger partial charge in [0.05, 0.1) is 11.7 Å². The van der Waals surface area contributed by atoms with E-state index in [9.17, 15) is 0 Å². The molecule has 0 spiro atoms. The lowest BCUT2D eigenvalue weighted by molar-refractivity contribution is 0.538. The van der Waals surface area contributed by atoms with Crippen LogP contribution in [0.2, 0.25) is 0 Å². The third-order valence-electron chi connectivity index (χ3n) is 4.10. The van der Waals surface area contributed by atoms with Crippen LogP contribution in [0.25, 0.3) is 0 Å². The minimum Gasteiger partial charge on any atom is -0.271 e. The van der Waals surface area contributed by atoms with Crippen molar-refractivity contribution in [2.24, 2.45) is 5.84 Å². The summed E-state index contributed by atoms with van der Waals surface area (Å²) in [4.78, 5) is 4.44. The number of hydrazine groups is 1. The normalized spacial score (nSPS) is 15.1. The van der Waals surface area contributed by atoms with E-state index in [-0.39, 0.29) is 6.04 Å². The van der Waals surface area contributed by atoms with Gasteiger partial charge in [0.1, 0.15) is 0 Å². The van der Waals surface area contributed by atoms with E-state index in [2.05, 4.69) is 41.6 Å². The largest absolute Gasteiger partial charge is 0.271 e. The van der Waals surface area contributed by atoms with Gasteiger partial charge >= 0.3 is 0 Å². The van der Waals surface area contributed by atoms with Crippen molar-refractivity contribution in [3.8, 4) is 0 Å². The van der Waals surface area contributed by atoms with E-state index < -0.39 is 0 Å². The third-order valence-corrected chi connectivity index (χ3v) is 4.10. The van der Waals surface area contributed by atoms with E-state index in [1.807, 2.05) is 12.3 Å². The lowest BCUT2D eigenvalue weighted by Gasteiger charge is -2.16. The Morgan fingerprint density at radius 2 is 2.05 bits per heavy atom. The van der Waals surface area contributed by atoms with Gasteiger partial charge in [-0.05, 0) is 67.0 Å². The molecule has 1 atom stereocenters. The van der Waals surface area contributed by atoms with Gasteiger partial charge in [-0.1, -0.05) is 18.2 Å². The number of nitrogens with two attached hydrogens (primary N) is 1. The molecule has 0 saturated carbocycles. The molecule has 2 aromatic rings. The van der Waals surface area contributed by atoms with Gasteiger partial charge in [0.15, 0.2) is 0 Å². The number of benzene rings is 1. The Morgan fingerprint density at radius 1 is 1.20 bits per heavy atom. The van der Waals surface area contributed by atoms with Crippen molar-refractivity contribution in [3.63, 3.8) is 0 Å². The Labute approximate surface area is 120 Å². The Hall–Kier alpha value is -1.71. The van der Waals surface area contributed by atoms with Gasteiger partial charge in [-0.3, -0.25) is 16.3 Å². The smallest absolute Gasteiger partial charge is 0.0672 e. The average Bonchev–Trinajstić information content (AvgIpc) is 2.92. The fourth-order valence-electron chi connectivity index (χ4n) is 2.99. The minimum absolute atomic E-state index is 0.0642. The van der Waals surface area contributed by atoms with Crippen molar-refractivity contribution in [1.82, 2.24) is 10.4 Å². The van der Waals surface area contributed by atoms with Crippen LogP contribution < -0.4 is 11.3 Å². The van der Waals surface area contributed by atoms with Crippen molar-refractivity contribution in [2.75, 3.05) is 0 Å². The summed E-state index contributed by atoms with van der Waals surface area (Å²) >= 11 is 0. The van der Waals surface area contributed by atoms with E-state index in [0.717, 1.165) is 12.1 Å². The molecule has 20 heavy (non-hydrogen) atoms. The van der Waals surface area contributed by atoms with E-state index in [1.54, 1.807) is 0 Å². The molecule has 1 unspecified atom stereocenters. The molecule has 1 aromatic heterocycles. The Bertz CT molecular complexity index is 607. The Morgan fingerprint density at radius 3 is 2.85 bits per heavy atom. The molecule has 1 aliphatic carbocycles. The molecule has 3 N–H and O–H groups in total. The summed E-state index contributed by atoms with van der Waals surface area (Å²) in [6.45, 7) is 2.08. The quantitative estimate of drug-likeness (QED) is 0.661. The summed E-state index contributed by atoms with van der Waals surface area (Å²) in [5.41, 5.74) is 9.47. The molecule has 0 saturated heterocycles. The number of aryl methyl sites for hydroxylation is 3. The molecular formula is C17H21N3. The van der Waals surface area contributed by atoms with Crippen LogP contribution in [0.3, 0.4) is 0 Å². The van der Waals surface area contributed by atoms with E-state index in [1.165, 1.54) is 41.5 Å². The van der Waals surface area contributed by atoms with Gasteiger partial charge in [-0.15, -0.1) is 0 Å². The number of hydrogen-bond acceptors (Lipinski definition) is 3. The van der Waals surface area contributed by atoms with E-state index in [0.29, 0.717) is 0 Å². The van der Waals surface area contributed by atoms with E-state index in [4.69, 9.17) is 5.84 Å². The van der Waals surface area contributed by atoms with Crippen molar-refractivity contribution < 1.29 is 0 Å². The first-order chi connectivity index (χ1) is 9.76. The van der Waals surface area contributed by atoms with Crippen LogP contribution in [0.5, 0.6) is 0 Å². The third kappa shape index (κ3) is 2.74. The van der Waals surface area contributed by atoms with Crippen LogP contribution >= 0.6 is 0 Å². The topological polar surface area (TPSA) is 50.9 Å². The predicted molar refractivity (Wildman–Crippen MR) is 81.2 cm³/mol. The standard InChI is InChI=1S/C17H21N3/c1-12-7-8-19-16(9-12)17(20-18)11-13-5-6-14-3-2-4-15(14)10-13/h5-10,17,20H,2-4,11,18H2,1H3. The fourth-order valence-corrected chi connectivity index (χ4v) is 2.99. The molecule has 3 nitrogen and oxygen atoms in total. The molecule has 0 radical (unpaired) electrons. The van der Waals surface area contributed by atoms with Crippen molar-refractivity contribution >= 4 is 0 Å². The highest BCUT2D eigenvalue weighted by Gasteiger charge is 2.15. The van der Waals surface area contributed by atoms with E-state index >= 15 is 0 Å². The maximum absolute atomic E-state index is 5.73. The van der Waals surface area contributed by atoms with Crippen LogP contribution in [0.15, 0.2) is 36.5 Å². The number of nitrogens with one attached hydrogen (secondary N) is 1. The maximum Gasteiger partial charge on any atom is 0.0672 e. The molecule has 0 bridgehead atoms. The summed E-state index contributed by atoms with van der Waals surface area (Å²) in [6.07, 6.45) is 6.45. The zero-order valence-corrected chi connectivity index (χ0v) is 11.9. The van der Waals surface area contributed by atoms with Gasteiger partial charge < -0.3 is 0 Å². The molecule has 3 rings (SSSR count). The SMILES string of the molecule is Cc1ccnc(C(Cc2ccc3c(c2)CCC3)NN)c1. The van der Waals surface area contributed by atoms with Gasteiger partial charge in [0, 0.05) is 6.20 Å². The fraction of sp³-hybridized carbons (Fsp3) is 0.353. The number of pyridine rings is 1. The van der Waals surface area contributed by atoms with Crippen LogP contribution in [-0.4, -0.2) is 4.98 Å². The summed E-state index contributed by atoms with van der Waals surface area (Å²) < 4.78 is 0.